The number of nitrogens with zero attached hydrogens (tertiary/aromatic N) is 1. The second-order valence-electron chi connectivity index (χ2n) is 3.49. The minimum absolute atomic E-state index is 0.0305. The summed E-state index contributed by atoms with van der Waals surface area (Å²) >= 11 is 1.88. The molecule has 1 aromatic rings. The number of nitrogens with one attached hydrogen (secondary N) is 1. The van der Waals surface area contributed by atoms with E-state index >= 15 is 0 Å². The van der Waals surface area contributed by atoms with E-state index in [9.17, 15) is 4.79 Å². The largest absolute Gasteiger partial charge is 0.384 e. The molecule has 0 aliphatic carbocycles. The van der Waals surface area contributed by atoms with Gasteiger partial charge in [0.05, 0.1) is 5.69 Å². The van der Waals surface area contributed by atoms with Crippen LogP contribution >= 0.6 is 11.8 Å². The van der Waals surface area contributed by atoms with Gasteiger partial charge in [0.2, 0.25) is 5.56 Å². The Labute approximate surface area is 94.9 Å². The smallest absolute Gasteiger partial charge is 0.250 e. The predicted molar refractivity (Wildman–Crippen MR) is 67.8 cm³/mol. The van der Waals surface area contributed by atoms with Crippen molar-refractivity contribution in [1.29, 1.82) is 0 Å². The molecule has 0 aliphatic rings. The summed E-state index contributed by atoms with van der Waals surface area (Å²) in [5, 5.41) is 3.30. The number of hydrogen-bond donors (Lipinski definition) is 1. The maximum atomic E-state index is 11.1. The van der Waals surface area contributed by atoms with Crippen LogP contribution in [0.2, 0.25) is 0 Å². The number of aryl methyl sites for hydroxylation is 1. The third kappa shape index (κ3) is 4.42. The Morgan fingerprint density at radius 2 is 2.20 bits per heavy atom. The molecule has 3 nitrogen and oxygen atoms in total. The summed E-state index contributed by atoms with van der Waals surface area (Å²) in [6.07, 6.45) is 6.36. The summed E-state index contributed by atoms with van der Waals surface area (Å²) in [7, 11) is 1.77. The Bertz CT molecular complexity index is 349. The second kappa shape index (κ2) is 6.56. The zero-order chi connectivity index (χ0) is 11.1. The molecule has 15 heavy (non-hydrogen) atoms. The van der Waals surface area contributed by atoms with E-state index < -0.39 is 0 Å². The lowest BCUT2D eigenvalue weighted by Crippen LogP contribution is -2.15. The lowest BCUT2D eigenvalue weighted by Gasteiger charge is -2.06. The van der Waals surface area contributed by atoms with Crippen molar-refractivity contribution in [2.45, 2.75) is 12.8 Å². The molecule has 84 valence electrons. The molecule has 1 N–H and O–H groups in total. The highest BCUT2D eigenvalue weighted by Gasteiger charge is 1.94. The molecule has 0 spiro atoms. The van der Waals surface area contributed by atoms with Crippen molar-refractivity contribution >= 4 is 17.4 Å². The molecule has 1 heterocycles. The standard InChI is InChI=1S/C11H18N2OS/c1-13-9-10(5-6-11(13)14)12-7-3-4-8-15-2/h5-6,9,12H,3-4,7-8H2,1-2H3. The van der Waals surface area contributed by atoms with Crippen LogP contribution < -0.4 is 10.9 Å². The van der Waals surface area contributed by atoms with Crippen LogP contribution in [0.5, 0.6) is 0 Å². The highest BCUT2D eigenvalue weighted by Crippen LogP contribution is 2.04. The molecule has 0 unspecified atom stereocenters. The Morgan fingerprint density at radius 3 is 2.87 bits per heavy atom. The molecule has 0 radical (unpaired) electrons. The van der Waals surface area contributed by atoms with Crippen molar-refractivity contribution in [3.05, 3.63) is 28.7 Å². The van der Waals surface area contributed by atoms with E-state index in [4.69, 9.17) is 0 Å². The molecule has 0 amide bonds. The maximum Gasteiger partial charge on any atom is 0.250 e. The molecule has 0 bridgehead atoms. The van der Waals surface area contributed by atoms with Gasteiger partial charge >= 0.3 is 0 Å². The van der Waals surface area contributed by atoms with Crippen LogP contribution in [0.15, 0.2) is 23.1 Å². The van der Waals surface area contributed by atoms with E-state index in [0.717, 1.165) is 12.2 Å². The van der Waals surface area contributed by atoms with Crippen LogP contribution in [0.4, 0.5) is 5.69 Å². The van der Waals surface area contributed by atoms with Crippen LogP contribution in [-0.4, -0.2) is 23.1 Å². The molecule has 0 saturated carbocycles. The summed E-state index contributed by atoms with van der Waals surface area (Å²) in [5.41, 5.74) is 1.05. The fourth-order valence-corrected chi connectivity index (χ4v) is 1.80. The monoisotopic (exact) mass is 226 g/mol. The zero-order valence-electron chi connectivity index (χ0n) is 9.32. The predicted octanol–water partition coefficient (Wildman–Crippen LogP) is 1.94. The molecule has 0 saturated heterocycles. The molecular formula is C11H18N2OS. The fourth-order valence-electron chi connectivity index (χ4n) is 1.30. The average molecular weight is 226 g/mol. The van der Waals surface area contributed by atoms with Crippen LogP contribution in [0, 0.1) is 0 Å². The zero-order valence-corrected chi connectivity index (χ0v) is 10.1. The molecule has 1 aromatic heterocycles. The molecule has 4 heteroatoms. The van der Waals surface area contributed by atoms with Crippen molar-refractivity contribution in [2.75, 3.05) is 23.9 Å². The summed E-state index contributed by atoms with van der Waals surface area (Å²) in [6, 6.07) is 3.42. The van der Waals surface area contributed by atoms with Crippen LogP contribution in [0.1, 0.15) is 12.8 Å². The summed E-state index contributed by atoms with van der Waals surface area (Å²) in [6.45, 7) is 0.971. The average Bonchev–Trinajstić information content (AvgIpc) is 2.23. The van der Waals surface area contributed by atoms with Crippen LogP contribution in [0.3, 0.4) is 0 Å². The van der Waals surface area contributed by atoms with E-state index in [1.807, 2.05) is 24.0 Å². The first-order valence-corrected chi connectivity index (χ1v) is 6.53. The maximum absolute atomic E-state index is 11.1. The summed E-state index contributed by atoms with van der Waals surface area (Å²) in [5.74, 6) is 1.22. The first-order chi connectivity index (χ1) is 7.24. The van der Waals surface area contributed by atoms with Gasteiger partial charge in [-0.05, 0) is 30.9 Å². The molecule has 0 aliphatic heterocycles. The van der Waals surface area contributed by atoms with E-state index in [2.05, 4.69) is 11.6 Å². The number of thioether (sulfide) groups is 1. The molecular weight excluding hydrogens is 208 g/mol. The van der Waals surface area contributed by atoms with Gasteiger partial charge in [-0.2, -0.15) is 11.8 Å². The van der Waals surface area contributed by atoms with E-state index in [1.165, 1.54) is 18.6 Å². The van der Waals surface area contributed by atoms with Crippen LogP contribution in [-0.2, 0) is 7.05 Å². The Balaban J connectivity index is 2.32. The van der Waals surface area contributed by atoms with Gasteiger partial charge in [-0.3, -0.25) is 4.79 Å². The van der Waals surface area contributed by atoms with Crippen LogP contribution in [0.25, 0.3) is 0 Å². The first kappa shape index (κ1) is 12.2. The van der Waals surface area contributed by atoms with Crippen molar-refractivity contribution in [2.24, 2.45) is 7.05 Å². The second-order valence-corrected chi connectivity index (χ2v) is 4.48. The van der Waals surface area contributed by atoms with Gasteiger partial charge in [0, 0.05) is 25.9 Å². The highest BCUT2D eigenvalue weighted by molar-refractivity contribution is 7.98. The van der Waals surface area contributed by atoms with E-state index in [0.29, 0.717) is 0 Å². The van der Waals surface area contributed by atoms with Gasteiger partial charge in [-0.25, -0.2) is 0 Å². The molecule has 1 rings (SSSR count). The molecule has 0 aromatic carbocycles. The van der Waals surface area contributed by atoms with Crippen molar-refractivity contribution < 1.29 is 0 Å². The Morgan fingerprint density at radius 1 is 1.40 bits per heavy atom. The van der Waals surface area contributed by atoms with Crippen molar-refractivity contribution in [3.8, 4) is 0 Å². The number of unbranched alkanes of at least 4 members (excludes halogenated alkanes) is 1. The molecule has 0 fully saturated rings. The highest BCUT2D eigenvalue weighted by atomic mass is 32.2. The summed E-state index contributed by atoms with van der Waals surface area (Å²) in [4.78, 5) is 11.1. The van der Waals surface area contributed by atoms with Gasteiger partial charge < -0.3 is 9.88 Å². The van der Waals surface area contributed by atoms with Gasteiger partial charge in [-0.15, -0.1) is 0 Å². The number of hydrogen-bond acceptors (Lipinski definition) is 3. The topological polar surface area (TPSA) is 34.0 Å². The number of pyridine rings is 1. The quantitative estimate of drug-likeness (QED) is 0.753. The van der Waals surface area contributed by atoms with Gasteiger partial charge in [-0.1, -0.05) is 0 Å². The van der Waals surface area contributed by atoms with Gasteiger partial charge in [0.25, 0.3) is 0 Å². The first-order valence-electron chi connectivity index (χ1n) is 5.13. The Kier molecular flexibility index (Phi) is 5.32. The third-order valence-corrected chi connectivity index (χ3v) is 2.89. The normalized spacial score (nSPS) is 10.3. The number of aromatic nitrogens is 1. The summed E-state index contributed by atoms with van der Waals surface area (Å²) < 4.78 is 1.59. The number of rotatable bonds is 6. The van der Waals surface area contributed by atoms with Gasteiger partial charge in [0.1, 0.15) is 0 Å². The van der Waals surface area contributed by atoms with E-state index in [-0.39, 0.29) is 5.56 Å². The van der Waals surface area contributed by atoms with E-state index in [1.54, 1.807) is 17.7 Å². The minimum Gasteiger partial charge on any atom is -0.384 e. The third-order valence-electron chi connectivity index (χ3n) is 2.19. The lowest BCUT2D eigenvalue weighted by atomic mass is 10.3. The van der Waals surface area contributed by atoms with Crippen molar-refractivity contribution in [1.82, 2.24) is 4.57 Å². The minimum atomic E-state index is 0.0305. The molecule has 0 atom stereocenters. The lowest BCUT2D eigenvalue weighted by molar-refractivity contribution is 0.830. The van der Waals surface area contributed by atoms with Gasteiger partial charge in [0.15, 0.2) is 0 Å². The Hall–Kier alpha value is -0.900. The van der Waals surface area contributed by atoms with Crippen molar-refractivity contribution in [3.63, 3.8) is 0 Å². The fraction of sp³-hybridized carbons (Fsp3) is 0.545. The SMILES string of the molecule is CSCCCCNc1ccc(=O)n(C)c1. The number of anilines is 1.